The molecular weight excluding hydrogens is 292 g/mol. The number of aryl methyl sites for hydroxylation is 1. The lowest BCUT2D eigenvalue weighted by Crippen LogP contribution is -2.32. The van der Waals surface area contributed by atoms with Crippen molar-refractivity contribution in [1.82, 2.24) is 10.2 Å². The molecule has 3 rings (SSSR count). The van der Waals surface area contributed by atoms with Gasteiger partial charge in [-0.3, -0.25) is 4.79 Å². The molecule has 4 heteroatoms. The van der Waals surface area contributed by atoms with Crippen LogP contribution in [-0.4, -0.2) is 37.5 Å². The van der Waals surface area contributed by atoms with Gasteiger partial charge in [0.2, 0.25) is 0 Å². The van der Waals surface area contributed by atoms with E-state index in [-0.39, 0.29) is 5.91 Å². The first-order valence-electron chi connectivity index (χ1n) is 8.70. The van der Waals surface area contributed by atoms with E-state index in [1.54, 1.807) is 11.3 Å². The van der Waals surface area contributed by atoms with Gasteiger partial charge in [-0.1, -0.05) is 6.92 Å². The molecule has 0 saturated carbocycles. The van der Waals surface area contributed by atoms with Gasteiger partial charge in [-0.2, -0.15) is 0 Å². The van der Waals surface area contributed by atoms with Gasteiger partial charge in [0, 0.05) is 11.4 Å². The summed E-state index contributed by atoms with van der Waals surface area (Å²) in [7, 11) is 2.19. The summed E-state index contributed by atoms with van der Waals surface area (Å²) in [6, 6.07) is 2.14. The second-order valence-corrected chi connectivity index (χ2v) is 8.34. The summed E-state index contributed by atoms with van der Waals surface area (Å²) in [5.41, 5.74) is 1.42. The van der Waals surface area contributed by atoms with Crippen LogP contribution in [0.5, 0.6) is 0 Å². The Balaban J connectivity index is 1.46. The van der Waals surface area contributed by atoms with Gasteiger partial charge < -0.3 is 10.2 Å². The zero-order valence-electron chi connectivity index (χ0n) is 13.9. The van der Waals surface area contributed by atoms with Crippen molar-refractivity contribution < 1.29 is 4.79 Å². The van der Waals surface area contributed by atoms with E-state index < -0.39 is 0 Å². The molecule has 1 aromatic rings. The molecule has 1 amide bonds. The highest BCUT2D eigenvalue weighted by Crippen LogP contribution is 2.32. The third-order valence-electron chi connectivity index (χ3n) is 5.23. The van der Waals surface area contributed by atoms with Crippen LogP contribution in [0.15, 0.2) is 6.07 Å². The number of thiophene rings is 1. The van der Waals surface area contributed by atoms with Crippen LogP contribution in [0.1, 0.15) is 52.7 Å². The number of carbonyl (C=O) groups is 1. The van der Waals surface area contributed by atoms with E-state index in [4.69, 9.17) is 0 Å². The Kier molecular flexibility index (Phi) is 5.19. The van der Waals surface area contributed by atoms with Gasteiger partial charge in [0.1, 0.15) is 0 Å². The molecule has 0 bridgehead atoms. The Hall–Kier alpha value is -0.870. The summed E-state index contributed by atoms with van der Waals surface area (Å²) in [6.07, 6.45) is 7.25. The highest BCUT2D eigenvalue weighted by atomic mass is 32.1. The van der Waals surface area contributed by atoms with Crippen molar-refractivity contribution in [3.63, 3.8) is 0 Å². The van der Waals surface area contributed by atoms with Crippen LogP contribution in [0.4, 0.5) is 0 Å². The minimum absolute atomic E-state index is 0.139. The van der Waals surface area contributed by atoms with E-state index in [1.807, 2.05) is 0 Å². The van der Waals surface area contributed by atoms with Crippen molar-refractivity contribution in [1.29, 1.82) is 0 Å². The number of likely N-dealkylation sites (tertiary alicyclic amines) is 1. The summed E-state index contributed by atoms with van der Waals surface area (Å²) in [5, 5.41) is 3.14. The van der Waals surface area contributed by atoms with Gasteiger partial charge in [0.25, 0.3) is 5.91 Å². The van der Waals surface area contributed by atoms with E-state index in [0.717, 1.165) is 42.5 Å². The zero-order chi connectivity index (χ0) is 15.5. The van der Waals surface area contributed by atoms with Crippen molar-refractivity contribution >= 4 is 17.2 Å². The molecule has 1 aromatic heterocycles. The topological polar surface area (TPSA) is 32.3 Å². The first-order valence-corrected chi connectivity index (χ1v) is 9.52. The fraction of sp³-hybridized carbons (Fsp3) is 0.722. The molecule has 0 unspecified atom stereocenters. The van der Waals surface area contributed by atoms with Crippen molar-refractivity contribution in [2.45, 2.75) is 45.4 Å². The lowest BCUT2D eigenvalue weighted by atomic mass is 9.90. The molecule has 1 fully saturated rings. The monoisotopic (exact) mass is 320 g/mol. The fourth-order valence-corrected chi connectivity index (χ4v) is 4.77. The molecular formula is C18H28N2OS. The number of nitrogens with zero attached hydrogens (tertiary/aromatic N) is 1. The first kappa shape index (κ1) is 16.0. The number of fused-ring (bicyclic) bond motifs is 1. The number of carbonyl (C=O) groups excluding carboxylic acids is 1. The minimum atomic E-state index is 0.139. The van der Waals surface area contributed by atoms with Crippen LogP contribution < -0.4 is 5.32 Å². The summed E-state index contributed by atoms with van der Waals surface area (Å²) in [6.45, 7) is 5.54. The third kappa shape index (κ3) is 3.90. The number of hydrogen-bond donors (Lipinski definition) is 1. The Morgan fingerprint density at radius 3 is 2.91 bits per heavy atom. The largest absolute Gasteiger partial charge is 0.351 e. The van der Waals surface area contributed by atoms with Crippen molar-refractivity contribution in [2.24, 2.45) is 11.8 Å². The van der Waals surface area contributed by atoms with Gasteiger partial charge in [0.15, 0.2) is 0 Å². The molecule has 2 aliphatic rings. The molecule has 1 aliphatic carbocycles. The van der Waals surface area contributed by atoms with Gasteiger partial charge in [-0.15, -0.1) is 11.3 Å². The Bertz CT molecular complexity index is 517. The molecule has 1 atom stereocenters. The lowest BCUT2D eigenvalue weighted by Gasteiger charge is -2.28. The number of hydrogen-bond acceptors (Lipinski definition) is 3. The van der Waals surface area contributed by atoms with Gasteiger partial charge in [0.05, 0.1) is 4.88 Å². The van der Waals surface area contributed by atoms with Crippen LogP contribution in [0.3, 0.4) is 0 Å². The molecule has 0 aromatic carbocycles. The highest BCUT2D eigenvalue weighted by Gasteiger charge is 2.21. The number of amides is 1. The van der Waals surface area contributed by atoms with Crippen molar-refractivity contribution in [2.75, 3.05) is 26.7 Å². The molecule has 1 saturated heterocycles. The fourth-order valence-electron chi connectivity index (χ4n) is 3.65. The molecule has 3 nitrogen and oxygen atoms in total. The predicted octanol–water partition coefficient (Wildman–Crippen LogP) is 3.33. The number of nitrogens with one attached hydrogen (secondary N) is 1. The summed E-state index contributed by atoms with van der Waals surface area (Å²) in [5.74, 6) is 1.69. The van der Waals surface area contributed by atoms with Gasteiger partial charge in [-0.05, 0) is 82.1 Å². The number of rotatable bonds is 4. The molecule has 0 spiro atoms. The van der Waals surface area contributed by atoms with E-state index in [2.05, 4.69) is 30.3 Å². The van der Waals surface area contributed by atoms with Crippen LogP contribution in [0.2, 0.25) is 0 Å². The van der Waals surface area contributed by atoms with Gasteiger partial charge in [-0.25, -0.2) is 0 Å². The second-order valence-electron chi connectivity index (χ2n) is 7.20. The lowest BCUT2D eigenvalue weighted by molar-refractivity contribution is 0.0953. The number of piperidine rings is 1. The quantitative estimate of drug-likeness (QED) is 0.923. The average Bonchev–Trinajstić information content (AvgIpc) is 2.92. The second kappa shape index (κ2) is 7.14. The summed E-state index contributed by atoms with van der Waals surface area (Å²) in [4.78, 5) is 17.1. The van der Waals surface area contributed by atoms with Crippen LogP contribution in [0.25, 0.3) is 0 Å². The standard InChI is InChI=1S/C18H28N2OS/c1-13-3-4-16-15(11-13)12-17(22-16)18(21)19-8-5-14-6-9-20(2)10-7-14/h12-14H,3-11H2,1-2H3,(H,19,21)/t13-/m1/s1. The normalized spacial score (nSPS) is 23.3. The summed E-state index contributed by atoms with van der Waals surface area (Å²) >= 11 is 1.71. The molecule has 1 aliphatic heterocycles. The third-order valence-corrected chi connectivity index (χ3v) is 6.47. The maximum atomic E-state index is 12.3. The Morgan fingerprint density at radius 1 is 1.36 bits per heavy atom. The van der Waals surface area contributed by atoms with E-state index in [1.165, 1.54) is 42.8 Å². The molecule has 22 heavy (non-hydrogen) atoms. The van der Waals surface area contributed by atoms with Crippen LogP contribution >= 0.6 is 11.3 Å². The van der Waals surface area contributed by atoms with Gasteiger partial charge >= 0.3 is 0 Å². The molecule has 122 valence electrons. The minimum Gasteiger partial charge on any atom is -0.351 e. The predicted molar refractivity (Wildman–Crippen MR) is 92.7 cm³/mol. The first-order chi connectivity index (χ1) is 10.6. The Morgan fingerprint density at radius 2 is 2.14 bits per heavy atom. The molecule has 1 N–H and O–H groups in total. The van der Waals surface area contributed by atoms with Crippen LogP contribution in [0, 0.1) is 11.8 Å². The van der Waals surface area contributed by atoms with Crippen LogP contribution in [-0.2, 0) is 12.8 Å². The van der Waals surface area contributed by atoms with Crippen molar-refractivity contribution in [3.8, 4) is 0 Å². The average molecular weight is 321 g/mol. The highest BCUT2D eigenvalue weighted by molar-refractivity contribution is 7.14. The molecule has 2 heterocycles. The van der Waals surface area contributed by atoms with E-state index >= 15 is 0 Å². The summed E-state index contributed by atoms with van der Waals surface area (Å²) < 4.78 is 0. The zero-order valence-corrected chi connectivity index (χ0v) is 14.7. The van der Waals surface area contributed by atoms with Crippen molar-refractivity contribution in [3.05, 3.63) is 21.4 Å². The SMILES string of the molecule is C[C@@H]1CCc2sc(C(=O)NCCC3CCN(C)CC3)cc2C1. The Labute approximate surface area is 138 Å². The maximum absolute atomic E-state index is 12.3. The van der Waals surface area contributed by atoms with E-state index in [0.29, 0.717) is 0 Å². The van der Waals surface area contributed by atoms with E-state index in [9.17, 15) is 4.79 Å². The molecule has 0 radical (unpaired) electrons. The maximum Gasteiger partial charge on any atom is 0.261 e. The smallest absolute Gasteiger partial charge is 0.261 e.